The van der Waals surface area contributed by atoms with Crippen molar-refractivity contribution in [2.45, 2.75) is 4.90 Å². The van der Waals surface area contributed by atoms with E-state index in [4.69, 9.17) is 0 Å². The van der Waals surface area contributed by atoms with Gasteiger partial charge in [-0.25, -0.2) is 0 Å². The lowest BCUT2D eigenvalue weighted by Gasteiger charge is -2.04. The van der Waals surface area contributed by atoms with Crippen LogP contribution in [0.5, 0.6) is 0 Å². The Labute approximate surface area is 102 Å². The summed E-state index contributed by atoms with van der Waals surface area (Å²) >= 11 is 5.02. The maximum atomic E-state index is 3.41. The Morgan fingerprint density at radius 1 is 0.867 bits per heavy atom. The highest BCUT2D eigenvalue weighted by molar-refractivity contribution is 9.10. The van der Waals surface area contributed by atoms with Crippen LogP contribution in [0, 0.1) is 0 Å². The van der Waals surface area contributed by atoms with Gasteiger partial charge in [0.2, 0.25) is 0 Å². The second kappa shape index (κ2) is 5.24. The second-order valence-electron chi connectivity index (χ2n) is 3.02. The van der Waals surface area contributed by atoms with Crippen LogP contribution in [0.4, 0.5) is 5.69 Å². The maximum Gasteiger partial charge on any atom is 0.0443 e. The molecule has 0 aliphatic rings. The average molecular weight is 280 g/mol. The fourth-order valence-corrected chi connectivity index (χ4v) is 2.03. The van der Waals surface area contributed by atoms with Crippen molar-refractivity contribution in [3.63, 3.8) is 0 Å². The molecule has 0 heterocycles. The smallest absolute Gasteiger partial charge is 0.0443 e. The molecule has 2 rings (SSSR count). The lowest BCUT2D eigenvalue weighted by Crippen LogP contribution is -1.85. The number of benzene rings is 2. The molecule has 2 aromatic carbocycles. The molecule has 0 amide bonds. The van der Waals surface area contributed by atoms with E-state index in [0.29, 0.717) is 0 Å². The Balaban J connectivity index is 1.96. The van der Waals surface area contributed by atoms with Crippen LogP contribution < -0.4 is 4.72 Å². The van der Waals surface area contributed by atoms with Crippen molar-refractivity contribution < 1.29 is 0 Å². The highest BCUT2D eigenvalue weighted by Crippen LogP contribution is 2.22. The third-order valence-electron chi connectivity index (χ3n) is 1.87. The number of halogens is 1. The Morgan fingerprint density at radius 3 is 2.20 bits per heavy atom. The summed E-state index contributed by atoms with van der Waals surface area (Å²) in [6, 6.07) is 18.4. The highest BCUT2D eigenvalue weighted by Gasteiger charge is 1.94. The lowest BCUT2D eigenvalue weighted by atomic mass is 10.3. The molecule has 0 aliphatic heterocycles. The number of anilines is 1. The molecule has 3 heteroatoms. The van der Waals surface area contributed by atoms with Crippen LogP contribution in [-0.4, -0.2) is 0 Å². The first kappa shape index (κ1) is 10.6. The molecule has 0 atom stereocenters. The van der Waals surface area contributed by atoms with Gasteiger partial charge >= 0.3 is 0 Å². The van der Waals surface area contributed by atoms with Gasteiger partial charge < -0.3 is 4.72 Å². The van der Waals surface area contributed by atoms with Gasteiger partial charge in [0.15, 0.2) is 0 Å². The summed E-state index contributed by atoms with van der Waals surface area (Å²) in [7, 11) is 0. The molecule has 0 saturated carbocycles. The summed E-state index contributed by atoms with van der Waals surface area (Å²) in [5, 5.41) is 0. The van der Waals surface area contributed by atoms with Crippen molar-refractivity contribution in [1.82, 2.24) is 0 Å². The van der Waals surface area contributed by atoms with E-state index in [0.717, 1.165) is 10.2 Å². The van der Waals surface area contributed by atoms with E-state index in [2.05, 4.69) is 32.8 Å². The molecule has 0 fully saturated rings. The Bertz CT molecular complexity index is 413. The largest absolute Gasteiger partial charge is 0.326 e. The monoisotopic (exact) mass is 279 g/mol. The van der Waals surface area contributed by atoms with E-state index >= 15 is 0 Å². The zero-order valence-electron chi connectivity index (χ0n) is 7.98. The Hall–Kier alpha value is -0.930. The van der Waals surface area contributed by atoms with E-state index in [1.807, 2.05) is 42.5 Å². The first-order valence-electron chi connectivity index (χ1n) is 4.58. The average Bonchev–Trinajstić information content (AvgIpc) is 2.30. The fraction of sp³-hybridized carbons (Fsp3) is 0. The van der Waals surface area contributed by atoms with E-state index in [1.165, 1.54) is 4.90 Å². The highest BCUT2D eigenvalue weighted by atomic mass is 79.9. The van der Waals surface area contributed by atoms with Crippen LogP contribution in [-0.2, 0) is 0 Å². The first-order valence-corrected chi connectivity index (χ1v) is 6.19. The SMILES string of the molecule is Brc1ccc(SNc2ccccc2)cc1. The maximum absolute atomic E-state index is 3.41. The van der Waals surface area contributed by atoms with E-state index in [9.17, 15) is 0 Å². The van der Waals surface area contributed by atoms with Crippen molar-refractivity contribution in [2.75, 3.05) is 4.72 Å². The molecule has 0 radical (unpaired) electrons. The van der Waals surface area contributed by atoms with Gasteiger partial charge in [0.25, 0.3) is 0 Å². The van der Waals surface area contributed by atoms with Crippen LogP contribution >= 0.6 is 27.9 Å². The molecule has 0 aliphatic carbocycles. The molecular formula is C12H10BrNS. The zero-order chi connectivity index (χ0) is 10.5. The summed E-state index contributed by atoms with van der Waals surface area (Å²) in [5.74, 6) is 0. The van der Waals surface area contributed by atoms with Gasteiger partial charge in [0.1, 0.15) is 0 Å². The van der Waals surface area contributed by atoms with Crippen LogP contribution in [0.1, 0.15) is 0 Å². The number of hydrogen-bond acceptors (Lipinski definition) is 2. The Morgan fingerprint density at radius 2 is 1.53 bits per heavy atom. The first-order chi connectivity index (χ1) is 7.34. The number of nitrogens with one attached hydrogen (secondary N) is 1. The molecule has 76 valence electrons. The van der Waals surface area contributed by atoms with Gasteiger partial charge in [0, 0.05) is 15.1 Å². The van der Waals surface area contributed by atoms with Crippen LogP contribution in [0.3, 0.4) is 0 Å². The van der Waals surface area contributed by atoms with Gasteiger partial charge in [0.05, 0.1) is 0 Å². The molecule has 15 heavy (non-hydrogen) atoms. The van der Waals surface area contributed by atoms with Crippen molar-refractivity contribution in [1.29, 1.82) is 0 Å². The van der Waals surface area contributed by atoms with Gasteiger partial charge in [-0.15, -0.1) is 0 Å². The third kappa shape index (κ3) is 3.29. The van der Waals surface area contributed by atoms with Crippen molar-refractivity contribution in [3.8, 4) is 0 Å². The van der Waals surface area contributed by atoms with E-state index < -0.39 is 0 Å². The minimum atomic E-state index is 1.10. The van der Waals surface area contributed by atoms with Crippen molar-refractivity contribution in [2.24, 2.45) is 0 Å². The summed E-state index contributed by atoms with van der Waals surface area (Å²) in [6.07, 6.45) is 0. The molecule has 1 N–H and O–H groups in total. The predicted octanol–water partition coefficient (Wildman–Crippen LogP) is 4.57. The number of rotatable bonds is 3. The fourth-order valence-electron chi connectivity index (χ4n) is 1.13. The Kier molecular flexibility index (Phi) is 3.69. The second-order valence-corrected chi connectivity index (χ2v) is 4.82. The lowest BCUT2D eigenvalue weighted by molar-refractivity contribution is 1.44. The molecule has 0 aromatic heterocycles. The van der Waals surface area contributed by atoms with Gasteiger partial charge in [-0.1, -0.05) is 34.1 Å². The summed E-state index contributed by atoms with van der Waals surface area (Å²) in [6.45, 7) is 0. The predicted molar refractivity (Wildman–Crippen MR) is 70.1 cm³/mol. The van der Waals surface area contributed by atoms with Gasteiger partial charge in [-0.2, -0.15) is 0 Å². The molecule has 0 bridgehead atoms. The molecule has 1 nitrogen and oxygen atoms in total. The molecule has 2 aromatic rings. The topological polar surface area (TPSA) is 12.0 Å². The quantitative estimate of drug-likeness (QED) is 0.827. The number of hydrogen-bond donors (Lipinski definition) is 1. The molecular weight excluding hydrogens is 270 g/mol. The summed E-state index contributed by atoms with van der Waals surface area (Å²) in [4.78, 5) is 1.20. The minimum absolute atomic E-state index is 1.10. The van der Waals surface area contributed by atoms with Crippen LogP contribution in [0.2, 0.25) is 0 Å². The third-order valence-corrected chi connectivity index (χ3v) is 3.25. The van der Waals surface area contributed by atoms with Crippen LogP contribution in [0.15, 0.2) is 64.0 Å². The summed E-state index contributed by atoms with van der Waals surface area (Å²) < 4.78 is 4.39. The van der Waals surface area contributed by atoms with Gasteiger partial charge in [-0.3, -0.25) is 0 Å². The normalized spacial score (nSPS) is 9.93. The zero-order valence-corrected chi connectivity index (χ0v) is 10.4. The van der Waals surface area contributed by atoms with Crippen LogP contribution in [0.25, 0.3) is 0 Å². The summed E-state index contributed by atoms with van der Waals surface area (Å²) in [5.41, 5.74) is 1.12. The van der Waals surface area contributed by atoms with Crippen molar-refractivity contribution in [3.05, 3.63) is 59.1 Å². The van der Waals surface area contributed by atoms with Crippen molar-refractivity contribution >= 4 is 33.6 Å². The molecule has 0 spiro atoms. The van der Waals surface area contributed by atoms with E-state index in [1.54, 1.807) is 11.9 Å². The number of para-hydroxylation sites is 1. The minimum Gasteiger partial charge on any atom is -0.326 e. The molecule has 0 unspecified atom stereocenters. The van der Waals surface area contributed by atoms with E-state index in [-0.39, 0.29) is 0 Å². The van der Waals surface area contributed by atoms with Gasteiger partial charge in [-0.05, 0) is 48.3 Å². The molecule has 0 saturated heterocycles. The standard InChI is InChI=1S/C12H10BrNS/c13-10-6-8-12(9-7-10)15-14-11-4-2-1-3-5-11/h1-9,14H.